The van der Waals surface area contributed by atoms with Crippen LogP contribution in [0.15, 0.2) is 18.2 Å². The zero-order valence-corrected chi connectivity index (χ0v) is 24.9. The van der Waals surface area contributed by atoms with Gasteiger partial charge in [-0.15, -0.1) is 0 Å². The molecule has 1 aromatic carbocycles. The van der Waals surface area contributed by atoms with Gasteiger partial charge in [-0.3, -0.25) is 30.3 Å². The Morgan fingerprint density at radius 2 is 1.34 bits per heavy atom. The average Bonchev–Trinajstić information content (AvgIpc) is 2.95. The highest BCUT2D eigenvalue weighted by Gasteiger charge is 2.20. The predicted octanol–water partition coefficient (Wildman–Crippen LogP) is 1.31. The van der Waals surface area contributed by atoms with Gasteiger partial charge in [-0.05, 0) is 26.8 Å². The van der Waals surface area contributed by atoms with Crippen molar-refractivity contribution in [1.29, 1.82) is 0 Å². The molecule has 0 unspecified atom stereocenters. The molecule has 0 aliphatic carbocycles. The molecular formula is C25H40N6O13. The molecule has 0 saturated carbocycles. The van der Waals surface area contributed by atoms with Crippen LogP contribution in [0, 0.1) is 20.2 Å². The van der Waals surface area contributed by atoms with Crippen molar-refractivity contribution in [2.75, 3.05) is 84.5 Å². The highest BCUT2D eigenvalue weighted by atomic mass is 16.6. The molecule has 1 rings (SSSR count). The van der Waals surface area contributed by atoms with E-state index in [0.717, 1.165) is 18.2 Å². The van der Waals surface area contributed by atoms with Gasteiger partial charge in [-0.25, -0.2) is 9.59 Å². The lowest BCUT2D eigenvalue weighted by Gasteiger charge is -2.19. The summed E-state index contributed by atoms with van der Waals surface area (Å²) in [7, 11) is 0. The van der Waals surface area contributed by atoms with Gasteiger partial charge < -0.3 is 44.4 Å². The van der Waals surface area contributed by atoms with Crippen molar-refractivity contribution in [3.63, 3.8) is 0 Å². The molecule has 19 nitrogen and oxygen atoms in total. The zero-order chi connectivity index (χ0) is 32.8. The van der Waals surface area contributed by atoms with Gasteiger partial charge in [0.25, 0.3) is 11.4 Å². The maximum atomic E-state index is 11.9. The van der Waals surface area contributed by atoms with Gasteiger partial charge in [0.15, 0.2) is 0 Å². The number of carbonyl (C=O) groups is 3. The van der Waals surface area contributed by atoms with Gasteiger partial charge in [0.2, 0.25) is 5.91 Å². The molecule has 0 radical (unpaired) electrons. The minimum Gasteiger partial charge on any atom is -0.447 e. The lowest BCUT2D eigenvalue weighted by molar-refractivity contribution is -0.393. The molecule has 0 atom stereocenters. The third-order valence-corrected chi connectivity index (χ3v) is 4.83. The monoisotopic (exact) mass is 632 g/mol. The molecule has 44 heavy (non-hydrogen) atoms. The highest BCUT2D eigenvalue weighted by Crippen LogP contribution is 2.28. The minimum atomic E-state index is -0.791. The Kier molecular flexibility index (Phi) is 18.3. The van der Waals surface area contributed by atoms with Gasteiger partial charge in [-0.1, -0.05) is 0 Å². The number of hydrogen-bond donors (Lipinski definition) is 4. The lowest BCUT2D eigenvalue weighted by Crippen LogP contribution is -2.34. The molecule has 0 aliphatic heterocycles. The summed E-state index contributed by atoms with van der Waals surface area (Å²) in [4.78, 5) is 55.4. The van der Waals surface area contributed by atoms with E-state index in [1.807, 2.05) is 0 Å². The predicted molar refractivity (Wildman–Crippen MR) is 153 cm³/mol. The number of nitrogens with zero attached hydrogens (tertiary/aromatic N) is 2. The summed E-state index contributed by atoms with van der Waals surface area (Å²) < 4.78 is 31.1. The minimum absolute atomic E-state index is 0.00950. The summed E-state index contributed by atoms with van der Waals surface area (Å²) in [5.41, 5.74) is -1.57. The Balaban J connectivity index is 1.94. The summed E-state index contributed by atoms with van der Waals surface area (Å²) in [6.45, 7) is 7.12. The van der Waals surface area contributed by atoms with E-state index >= 15 is 0 Å². The third kappa shape index (κ3) is 19.0. The first-order valence-corrected chi connectivity index (χ1v) is 13.5. The zero-order valence-electron chi connectivity index (χ0n) is 24.9. The number of alkyl carbamates (subject to hydrolysis) is 2. The maximum Gasteiger partial charge on any atom is 0.409 e. The first-order valence-electron chi connectivity index (χ1n) is 13.5. The molecule has 0 aromatic heterocycles. The Labute approximate surface area is 253 Å². The second-order valence-electron chi connectivity index (χ2n) is 9.55. The number of ether oxygens (including phenoxy) is 6. The first-order chi connectivity index (χ1) is 20.9. The number of benzene rings is 1. The van der Waals surface area contributed by atoms with E-state index in [1.54, 1.807) is 20.8 Å². The quantitative estimate of drug-likeness (QED) is 0.0610. The topological polar surface area (TPSA) is 241 Å². The molecule has 19 heteroatoms. The summed E-state index contributed by atoms with van der Waals surface area (Å²) in [6.07, 6.45) is -1.22. The average molecular weight is 633 g/mol. The van der Waals surface area contributed by atoms with E-state index in [-0.39, 0.29) is 45.3 Å². The molecule has 0 heterocycles. The number of nitrogens with one attached hydrogen (secondary N) is 4. The van der Waals surface area contributed by atoms with Crippen LogP contribution in [0.5, 0.6) is 0 Å². The molecule has 0 spiro atoms. The molecule has 3 amide bonds. The largest absolute Gasteiger partial charge is 0.447 e. The van der Waals surface area contributed by atoms with Gasteiger partial charge in [0.05, 0.1) is 68.7 Å². The Morgan fingerprint density at radius 3 is 1.95 bits per heavy atom. The molecule has 248 valence electrons. The van der Waals surface area contributed by atoms with Crippen LogP contribution in [-0.2, 0) is 33.2 Å². The van der Waals surface area contributed by atoms with E-state index in [1.165, 1.54) is 0 Å². The van der Waals surface area contributed by atoms with Crippen LogP contribution in [-0.4, -0.2) is 113 Å². The molecule has 1 aromatic rings. The van der Waals surface area contributed by atoms with E-state index in [2.05, 4.69) is 21.3 Å². The highest BCUT2D eigenvalue weighted by molar-refractivity contribution is 5.82. The van der Waals surface area contributed by atoms with Crippen molar-refractivity contribution in [3.8, 4) is 0 Å². The molecule has 0 saturated heterocycles. The summed E-state index contributed by atoms with van der Waals surface area (Å²) in [5, 5.41) is 31.9. The fourth-order valence-corrected chi connectivity index (χ4v) is 2.94. The Bertz CT molecular complexity index is 1070. The van der Waals surface area contributed by atoms with Crippen LogP contribution in [0.4, 0.5) is 26.7 Å². The standard InChI is InChI=1S/C25H40N6O13/c1-25(2,3)44-24(34)27-7-8-39-10-11-40-12-13-41-14-15-43-23(33)29-18-42-9-6-26-22(32)17-28-20-5-4-19(30(35)36)16-21(20)31(37)38/h4-5,16,28H,6-15,17-18H2,1-3H3,(H,26,32)(H,27,34)(H,29,33). The van der Waals surface area contributed by atoms with Crippen molar-refractivity contribution in [2.45, 2.75) is 26.4 Å². The van der Waals surface area contributed by atoms with E-state index in [0.29, 0.717) is 39.6 Å². The van der Waals surface area contributed by atoms with Crippen molar-refractivity contribution < 1.29 is 52.7 Å². The lowest BCUT2D eigenvalue weighted by atomic mass is 10.2. The number of anilines is 1. The molecule has 0 fully saturated rings. The number of amides is 3. The van der Waals surface area contributed by atoms with Crippen LogP contribution >= 0.6 is 0 Å². The molecule has 0 aliphatic rings. The number of carbonyl (C=O) groups excluding carboxylic acids is 3. The number of hydrogen-bond acceptors (Lipinski definition) is 14. The van der Waals surface area contributed by atoms with Gasteiger partial charge in [0, 0.05) is 19.2 Å². The van der Waals surface area contributed by atoms with E-state index < -0.39 is 44.9 Å². The van der Waals surface area contributed by atoms with E-state index in [4.69, 9.17) is 28.4 Å². The second-order valence-corrected chi connectivity index (χ2v) is 9.55. The van der Waals surface area contributed by atoms with Crippen LogP contribution in [0.2, 0.25) is 0 Å². The fourth-order valence-electron chi connectivity index (χ4n) is 2.94. The van der Waals surface area contributed by atoms with E-state index in [9.17, 15) is 34.6 Å². The summed E-state index contributed by atoms with van der Waals surface area (Å²) in [6, 6.07) is 3.03. The van der Waals surface area contributed by atoms with Crippen molar-refractivity contribution in [3.05, 3.63) is 38.4 Å². The summed E-state index contributed by atoms with van der Waals surface area (Å²) in [5.74, 6) is -0.503. The maximum absolute atomic E-state index is 11.9. The van der Waals surface area contributed by atoms with Crippen LogP contribution < -0.4 is 21.3 Å². The summed E-state index contributed by atoms with van der Waals surface area (Å²) >= 11 is 0. The first kappa shape index (κ1) is 37.7. The number of nitro groups is 2. The fraction of sp³-hybridized carbons (Fsp3) is 0.640. The third-order valence-electron chi connectivity index (χ3n) is 4.83. The molecular weight excluding hydrogens is 592 g/mol. The normalized spacial score (nSPS) is 10.9. The van der Waals surface area contributed by atoms with Gasteiger partial charge in [-0.2, -0.15) is 0 Å². The Hall–Kier alpha value is -4.33. The van der Waals surface area contributed by atoms with Gasteiger partial charge in [0.1, 0.15) is 24.6 Å². The van der Waals surface area contributed by atoms with Crippen LogP contribution in [0.1, 0.15) is 20.8 Å². The SMILES string of the molecule is CC(C)(C)OC(=O)NCCOCCOCCOCCOC(=O)NCOCCNC(=O)CNc1ccc([N+](=O)[O-])cc1[N+](=O)[O-]. The van der Waals surface area contributed by atoms with Crippen LogP contribution in [0.3, 0.4) is 0 Å². The van der Waals surface area contributed by atoms with Crippen LogP contribution in [0.25, 0.3) is 0 Å². The van der Waals surface area contributed by atoms with Crippen molar-refractivity contribution >= 4 is 35.2 Å². The molecule has 0 bridgehead atoms. The smallest absolute Gasteiger partial charge is 0.409 e. The number of nitro benzene ring substituents is 2. The van der Waals surface area contributed by atoms with Crippen molar-refractivity contribution in [1.82, 2.24) is 16.0 Å². The Morgan fingerprint density at radius 1 is 0.750 bits per heavy atom. The number of non-ortho nitro benzene ring substituents is 1. The number of rotatable bonds is 22. The molecule has 4 N–H and O–H groups in total. The van der Waals surface area contributed by atoms with Crippen molar-refractivity contribution in [2.24, 2.45) is 0 Å². The second kappa shape index (κ2) is 21.4. The van der Waals surface area contributed by atoms with Gasteiger partial charge >= 0.3 is 12.2 Å².